The number of hydrogen-bond donors (Lipinski definition) is 0. The Morgan fingerprint density at radius 1 is 1.17 bits per heavy atom. The highest BCUT2D eigenvalue weighted by Gasteiger charge is 1.96. The van der Waals surface area contributed by atoms with Gasteiger partial charge in [-0.2, -0.15) is 0 Å². The standard InChI is InChI=1S/C5H10O.C4H8O2/c1-4(2)5(3)6;1-2-4-6-5-3-1/h4H,1-3H3;1-4H2. The van der Waals surface area contributed by atoms with E-state index in [1.54, 1.807) is 6.92 Å². The van der Waals surface area contributed by atoms with Gasteiger partial charge in [-0.1, -0.05) is 13.8 Å². The van der Waals surface area contributed by atoms with Crippen LogP contribution in [-0.2, 0) is 14.6 Å². The summed E-state index contributed by atoms with van der Waals surface area (Å²) >= 11 is 0. The van der Waals surface area contributed by atoms with Crippen LogP contribution in [0.15, 0.2) is 0 Å². The Balaban J connectivity index is 0.000000202. The van der Waals surface area contributed by atoms with Gasteiger partial charge in [0.1, 0.15) is 5.78 Å². The van der Waals surface area contributed by atoms with Crippen molar-refractivity contribution in [3.8, 4) is 0 Å². The molecule has 0 saturated carbocycles. The van der Waals surface area contributed by atoms with Crippen LogP contribution >= 0.6 is 0 Å². The van der Waals surface area contributed by atoms with Crippen LogP contribution in [0.1, 0.15) is 33.6 Å². The molecule has 0 aromatic carbocycles. The van der Waals surface area contributed by atoms with Gasteiger partial charge in [-0.25, -0.2) is 9.78 Å². The molecule has 0 unspecified atom stereocenters. The molecule has 0 aliphatic carbocycles. The number of carbonyl (C=O) groups excluding carboxylic acids is 1. The fraction of sp³-hybridized carbons (Fsp3) is 0.889. The van der Waals surface area contributed by atoms with Crippen molar-refractivity contribution in [3.63, 3.8) is 0 Å². The Hall–Kier alpha value is -0.410. The molecule has 0 radical (unpaired) electrons. The monoisotopic (exact) mass is 174 g/mol. The van der Waals surface area contributed by atoms with Crippen molar-refractivity contribution in [1.82, 2.24) is 0 Å². The van der Waals surface area contributed by atoms with E-state index in [1.807, 2.05) is 13.8 Å². The second kappa shape index (κ2) is 7.25. The summed E-state index contributed by atoms with van der Waals surface area (Å²) in [6, 6.07) is 0. The van der Waals surface area contributed by atoms with Crippen LogP contribution in [0.4, 0.5) is 0 Å². The number of Topliss-reactive ketones (excluding diaryl/α,β-unsaturated/α-hetero) is 1. The van der Waals surface area contributed by atoms with Crippen LogP contribution in [-0.4, -0.2) is 19.0 Å². The van der Waals surface area contributed by atoms with Gasteiger partial charge in [0.2, 0.25) is 0 Å². The summed E-state index contributed by atoms with van der Waals surface area (Å²) in [4.78, 5) is 19.3. The average molecular weight is 174 g/mol. The lowest BCUT2D eigenvalue weighted by Gasteiger charge is -2.07. The average Bonchev–Trinajstić information content (AvgIpc) is 2.08. The molecule has 0 aromatic heterocycles. The van der Waals surface area contributed by atoms with E-state index >= 15 is 0 Å². The first-order valence-electron chi connectivity index (χ1n) is 4.39. The molecule has 1 heterocycles. The Labute approximate surface area is 74.0 Å². The molecule has 1 aliphatic heterocycles. The molecule has 12 heavy (non-hydrogen) atoms. The van der Waals surface area contributed by atoms with Crippen LogP contribution in [0.2, 0.25) is 0 Å². The van der Waals surface area contributed by atoms with Gasteiger partial charge in [-0.05, 0) is 19.8 Å². The largest absolute Gasteiger partial charge is 0.300 e. The maximum absolute atomic E-state index is 10.1. The van der Waals surface area contributed by atoms with Crippen molar-refractivity contribution in [2.45, 2.75) is 33.6 Å². The van der Waals surface area contributed by atoms with E-state index in [2.05, 4.69) is 9.78 Å². The summed E-state index contributed by atoms with van der Waals surface area (Å²) < 4.78 is 0. The zero-order chi connectivity index (χ0) is 9.40. The minimum absolute atomic E-state index is 0.213. The lowest BCUT2D eigenvalue weighted by Crippen LogP contribution is -2.05. The van der Waals surface area contributed by atoms with E-state index in [0.29, 0.717) is 0 Å². The normalized spacial score (nSPS) is 16.7. The Bertz CT molecular complexity index is 105. The summed E-state index contributed by atoms with van der Waals surface area (Å²) in [7, 11) is 0. The van der Waals surface area contributed by atoms with E-state index in [4.69, 9.17) is 0 Å². The van der Waals surface area contributed by atoms with Gasteiger partial charge in [0.15, 0.2) is 0 Å². The molecular weight excluding hydrogens is 156 g/mol. The molecule has 1 rings (SSSR count). The van der Waals surface area contributed by atoms with Crippen molar-refractivity contribution < 1.29 is 14.6 Å². The predicted molar refractivity (Wildman–Crippen MR) is 46.7 cm³/mol. The van der Waals surface area contributed by atoms with Crippen LogP contribution in [0.3, 0.4) is 0 Å². The zero-order valence-electron chi connectivity index (χ0n) is 8.13. The second-order valence-corrected chi connectivity index (χ2v) is 3.12. The molecule has 0 bridgehead atoms. The Morgan fingerprint density at radius 2 is 1.50 bits per heavy atom. The molecule has 1 aliphatic rings. The maximum Gasteiger partial charge on any atom is 0.132 e. The number of carbonyl (C=O) groups is 1. The Kier molecular flexibility index (Phi) is 7.00. The van der Waals surface area contributed by atoms with Crippen molar-refractivity contribution >= 4 is 5.78 Å². The molecular formula is C9H18O3. The molecule has 0 amide bonds. The van der Waals surface area contributed by atoms with Crippen molar-refractivity contribution in [2.75, 3.05) is 13.2 Å². The SMILES string of the molecule is C1CCOOC1.CC(=O)C(C)C. The first-order chi connectivity index (χ1) is 5.64. The highest BCUT2D eigenvalue weighted by Crippen LogP contribution is 1.97. The molecule has 72 valence electrons. The summed E-state index contributed by atoms with van der Waals surface area (Å²) in [6.07, 6.45) is 2.31. The van der Waals surface area contributed by atoms with Crippen LogP contribution in [0.5, 0.6) is 0 Å². The third-order valence-corrected chi connectivity index (χ3v) is 1.60. The van der Waals surface area contributed by atoms with E-state index < -0.39 is 0 Å². The molecule has 3 heteroatoms. The van der Waals surface area contributed by atoms with Crippen molar-refractivity contribution in [3.05, 3.63) is 0 Å². The maximum atomic E-state index is 10.1. The van der Waals surface area contributed by atoms with Gasteiger partial charge in [0, 0.05) is 5.92 Å². The van der Waals surface area contributed by atoms with E-state index in [1.165, 1.54) is 0 Å². The highest BCUT2D eigenvalue weighted by atomic mass is 17.2. The third kappa shape index (κ3) is 7.69. The molecule has 1 fully saturated rings. The molecule has 3 nitrogen and oxygen atoms in total. The summed E-state index contributed by atoms with van der Waals surface area (Å²) in [6.45, 7) is 6.94. The lowest BCUT2D eigenvalue weighted by molar-refractivity contribution is -0.312. The van der Waals surface area contributed by atoms with Crippen molar-refractivity contribution in [1.29, 1.82) is 0 Å². The smallest absolute Gasteiger partial charge is 0.132 e. The topological polar surface area (TPSA) is 35.5 Å². The molecule has 0 atom stereocenters. The Morgan fingerprint density at radius 3 is 1.58 bits per heavy atom. The van der Waals surface area contributed by atoms with E-state index in [0.717, 1.165) is 26.1 Å². The summed E-state index contributed by atoms with van der Waals surface area (Å²) in [5.41, 5.74) is 0. The number of rotatable bonds is 1. The first kappa shape index (κ1) is 11.6. The number of hydrogen-bond acceptors (Lipinski definition) is 3. The van der Waals surface area contributed by atoms with Crippen LogP contribution in [0.25, 0.3) is 0 Å². The summed E-state index contributed by atoms with van der Waals surface area (Å²) in [5, 5.41) is 0. The fourth-order valence-electron chi connectivity index (χ4n) is 0.440. The van der Waals surface area contributed by atoms with E-state index in [9.17, 15) is 4.79 Å². The quantitative estimate of drug-likeness (QED) is 0.570. The predicted octanol–water partition coefficient (Wildman–Crippen LogP) is 1.96. The number of ketones is 1. The molecule has 0 spiro atoms. The van der Waals surface area contributed by atoms with Gasteiger partial charge in [0.05, 0.1) is 13.2 Å². The van der Waals surface area contributed by atoms with Gasteiger partial charge < -0.3 is 0 Å². The minimum Gasteiger partial charge on any atom is -0.300 e. The summed E-state index contributed by atoms with van der Waals surface area (Å²) in [5.74, 6) is 0.472. The molecule has 0 N–H and O–H groups in total. The van der Waals surface area contributed by atoms with Gasteiger partial charge in [0.25, 0.3) is 0 Å². The molecule has 1 saturated heterocycles. The van der Waals surface area contributed by atoms with Gasteiger partial charge >= 0.3 is 0 Å². The zero-order valence-corrected chi connectivity index (χ0v) is 8.13. The van der Waals surface area contributed by atoms with Crippen LogP contribution in [0, 0.1) is 5.92 Å². The lowest BCUT2D eigenvalue weighted by atomic mass is 10.1. The molecule has 0 aromatic rings. The highest BCUT2D eigenvalue weighted by molar-refractivity contribution is 5.77. The van der Waals surface area contributed by atoms with E-state index in [-0.39, 0.29) is 11.7 Å². The van der Waals surface area contributed by atoms with Gasteiger partial charge in [-0.3, -0.25) is 4.79 Å². The minimum atomic E-state index is 0.213. The van der Waals surface area contributed by atoms with Crippen LogP contribution < -0.4 is 0 Å². The second-order valence-electron chi connectivity index (χ2n) is 3.12. The third-order valence-electron chi connectivity index (χ3n) is 1.60. The first-order valence-corrected chi connectivity index (χ1v) is 4.39. The fourth-order valence-corrected chi connectivity index (χ4v) is 0.440. The van der Waals surface area contributed by atoms with Crippen molar-refractivity contribution in [2.24, 2.45) is 5.92 Å². The van der Waals surface area contributed by atoms with Gasteiger partial charge in [-0.15, -0.1) is 0 Å².